The molecular weight excluding hydrogens is 400 g/mol. The van der Waals surface area contributed by atoms with E-state index in [1.807, 2.05) is 31.9 Å². The molecule has 2 amide bonds. The van der Waals surface area contributed by atoms with Crippen molar-refractivity contribution in [3.8, 4) is 11.3 Å². The van der Waals surface area contributed by atoms with Crippen molar-refractivity contribution in [2.24, 2.45) is 0 Å². The summed E-state index contributed by atoms with van der Waals surface area (Å²) >= 11 is 0. The van der Waals surface area contributed by atoms with Crippen LogP contribution in [0.1, 0.15) is 71.1 Å². The highest BCUT2D eigenvalue weighted by Crippen LogP contribution is 2.43. The van der Waals surface area contributed by atoms with Crippen LogP contribution in [0.15, 0.2) is 24.5 Å². The van der Waals surface area contributed by atoms with Gasteiger partial charge in [0, 0.05) is 59.6 Å². The van der Waals surface area contributed by atoms with E-state index in [0.29, 0.717) is 5.92 Å². The molecule has 7 heteroatoms. The standard InChI is InChI=1S/C25H34N6O/c1-16(2)19-14-27-22-18(19)11-17(13-26-22)20-12-21-25(7-6-9-31(21)29-20)8-10-30(15-25)23(32)28-24(3,4)5/h11-14,16H,6-10,15H2,1-5H3,(H,26,27)(H,28,32). The van der Waals surface area contributed by atoms with Crippen LogP contribution < -0.4 is 5.32 Å². The summed E-state index contributed by atoms with van der Waals surface area (Å²) in [6, 6.07) is 4.50. The van der Waals surface area contributed by atoms with Crippen molar-refractivity contribution >= 4 is 17.1 Å². The van der Waals surface area contributed by atoms with Crippen molar-refractivity contribution in [3.05, 3.63) is 35.8 Å². The molecule has 0 saturated carbocycles. The zero-order valence-electron chi connectivity index (χ0n) is 19.8. The number of hydrogen-bond acceptors (Lipinski definition) is 3. The van der Waals surface area contributed by atoms with Gasteiger partial charge in [-0.25, -0.2) is 9.78 Å². The molecule has 1 atom stereocenters. The van der Waals surface area contributed by atoms with Gasteiger partial charge in [-0.1, -0.05) is 13.8 Å². The molecule has 1 saturated heterocycles. The van der Waals surface area contributed by atoms with Crippen molar-refractivity contribution in [2.45, 2.75) is 77.3 Å². The van der Waals surface area contributed by atoms with Gasteiger partial charge in [-0.3, -0.25) is 4.68 Å². The summed E-state index contributed by atoms with van der Waals surface area (Å²) in [4.78, 5) is 22.7. The number of aromatic amines is 1. The Hall–Kier alpha value is -2.83. The van der Waals surface area contributed by atoms with Gasteiger partial charge in [0.25, 0.3) is 0 Å². The van der Waals surface area contributed by atoms with Crippen LogP contribution in [0.4, 0.5) is 4.79 Å². The molecule has 1 spiro atoms. The highest BCUT2D eigenvalue weighted by molar-refractivity contribution is 5.84. The van der Waals surface area contributed by atoms with Crippen LogP contribution in [0.3, 0.4) is 0 Å². The Balaban J connectivity index is 1.46. The number of fused-ring (bicyclic) bond motifs is 3. The average molecular weight is 435 g/mol. The van der Waals surface area contributed by atoms with Crippen LogP contribution in [0.2, 0.25) is 0 Å². The lowest BCUT2D eigenvalue weighted by Gasteiger charge is -2.34. The largest absolute Gasteiger partial charge is 0.346 e. The fourth-order valence-electron chi connectivity index (χ4n) is 5.35. The van der Waals surface area contributed by atoms with Gasteiger partial charge < -0.3 is 15.2 Å². The first-order valence-corrected chi connectivity index (χ1v) is 11.8. The molecule has 3 aromatic rings. The van der Waals surface area contributed by atoms with Gasteiger partial charge in [0.15, 0.2) is 0 Å². The minimum absolute atomic E-state index is 0.00652. The lowest BCUT2D eigenvalue weighted by molar-refractivity contribution is 0.193. The number of hydrogen-bond donors (Lipinski definition) is 2. The van der Waals surface area contributed by atoms with E-state index in [1.165, 1.54) is 16.6 Å². The second-order valence-corrected chi connectivity index (χ2v) is 10.9. The first kappa shape index (κ1) is 21.0. The molecule has 170 valence electrons. The minimum Gasteiger partial charge on any atom is -0.346 e. The predicted octanol–water partition coefficient (Wildman–Crippen LogP) is 4.80. The highest BCUT2D eigenvalue weighted by atomic mass is 16.2. The number of aryl methyl sites for hydroxylation is 1. The van der Waals surface area contributed by atoms with E-state index in [2.05, 4.69) is 52.1 Å². The molecule has 0 bridgehead atoms. The van der Waals surface area contributed by atoms with Crippen molar-refractivity contribution < 1.29 is 4.79 Å². The Kier molecular flexibility index (Phi) is 4.84. The molecule has 7 nitrogen and oxygen atoms in total. The Bertz CT molecular complexity index is 1170. The lowest BCUT2D eigenvalue weighted by Crippen LogP contribution is -2.49. The van der Waals surface area contributed by atoms with E-state index < -0.39 is 0 Å². The SMILES string of the molecule is CC(C)c1c[nH]c2ncc(-c3cc4n(n3)CCCC43CCN(C(=O)NC(C)(C)C)C3)cc12. The fourth-order valence-corrected chi connectivity index (χ4v) is 5.35. The highest BCUT2D eigenvalue weighted by Gasteiger charge is 2.45. The second kappa shape index (κ2) is 7.36. The Labute approximate surface area is 189 Å². The van der Waals surface area contributed by atoms with Gasteiger partial charge in [0.1, 0.15) is 5.65 Å². The summed E-state index contributed by atoms with van der Waals surface area (Å²) in [7, 11) is 0. The van der Waals surface area contributed by atoms with E-state index in [0.717, 1.165) is 55.8 Å². The molecule has 1 fully saturated rings. The minimum atomic E-state index is -0.229. The summed E-state index contributed by atoms with van der Waals surface area (Å²) in [5.41, 5.74) is 5.27. The number of aromatic nitrogens is 4. The average Bonchev–Trinajstić information content (AvgIpc) is 3.43. The quantitative estimate of drug-likeness (QED) is 0.608. The van der Waals surface area contributed by atoms with Crippen LogP contribution in [0, 0.1) is 0 Å². The lowest BCUT2D eigenvalue weighted by atomic mass is 9.77. The number of rotatable bonds is 2. The van der Waals surface area contributed by atoms with Gasteiger partial charge in [-0.15, -0.1) is 0 Å². The number of nitrogens with one attached hydrogen (secondary N) is 2. The van der Waals surface area contributed by atoms with Crippen LogP contribution in [0.5, 0.6) is 0 Å². The Morgan fingerprint density at radius 2 is 2.03 bits per heavy atom. The summed E-state index contributed by atoms with van der Waals surface area (Å²) < 4.78 is 2.18. The van der Waals surface area contributed by atoms with Gasteiger partial charge in [0.2, 0.25) is 0 Å². The first-order valence-electron chi connectivity index (χ1n) is 11.8. The van der Waals surface area contributed by atoms with Gasteiger partial charge in [0.05, 0.1) is 5.69 Å². The number of urea groups is 1. The molecule has 0 aromatic carbocycles. The normalized spacial score (nSPS) is 21.0. The van der Waals surface area contributed by atoms with E-state index in [-0.39, 0.29) is 17.0 Å². The third-order valence-electron chi connectivity index (χ3n) is 6.95. The number of carbonyl (C=O) groups excluding carboxylic acids is 1. The first-order chi connectivity index (χ1) is 15.2. The topological polar surface area (TPSA) is 78.8 Å². The van der Waals surface area contributed by atoms with Crippen molar-refractivity contribution in [3.63, 3.8) is 0 Å². The zero-order chi connectivity index (χ0) is 22.7. The maximum absolute atomic E-state index is 12.8. The molecular formula is C25H34N6O. The van der Waals surface area contributed by atoms with E-state index in [9.17, 15) is 4.79 Å². The van der Waals surface area contributed by atoms with Crippen molar-refractivity contribution in [1.29, 1.82) is 0 Å². The Morgan fingerprint density at radius 1 is 1.22 bits per heavy atom. The summed E-state index contributed by atoms with van der Waals surface area (Å²) in [6.07, 6.45) is 7.17. The van der Waals surface area contributed by atoms with E-state index in [4.69, 9.17) is 5.10 Å². The molecule has 32 heavy (non-hydrogen) atoms. The number of amides is 2. The molecule has 2 aliphatic rings. The molecule has 0 radical (unpaired) electrons. The molecule has 5 heterocycles. The smallest absolute Gasteiger partial charge is 0.317 e. The second-order valence-electron chi connectivity index (χ2n) is 10.9. The van der Waals surface area contributed by atoms with Crippen LogP contribution in [0.25, 0.3) is 22.3 Å². The van der Waals surface area contributed by atoms with Gasteiger partial charge >= 0.3 is 6.03 Å². The number of carbonyl (C=O) groups is 1. The Morgan fingerprint density at radius 3 is 2.78 bits per heavy atom. The molecule has 1 unspecified atom stereocenters. The summed E-state index contributed by atoms with van der Waals surface area (Å²) in [6.45, 7) is 13.0. The third kappa shape index (κ3) is 3.57. The molecule has 3 aromatic heterocycles. The van der Waals surface area contributed by atoms with Gasteiger partial charge in [-0.05, 0) is 63.6 Å². The number of nitrogens with zero attached hydrogens (tertiary/aromatic N) is 4. The summed E-state index contributed by atoms with van der Waals surface area (Å²) in [5.74, 6) is 0.433. The molecule has 5 rings (SSSR count). The third-order valence-corrected chi connectivity index (χ3v) is 6.95. The number of H-pyrrole nitrogens is 1. The van der Waals surface area contributed by atoms with Crippen LogP contribution >= 0.6 is 0 Å². The monoisotopic (exact) mass is 434 g/mol. The zero-order valence-corrected chi connectivity index (χ0v) is 19.8. The van der Waals surface area contributed by atoms with Crippen LogP contribution in [-0.2, 0) is 12.0 Å². The molecule has 2 aliphatic heterocycles. The number of likely N-dealkylation sites (tertiary alicyclic amines) is 1. The van der Waals surface area contributed by atoms with E-state index >= 15 is 0 Å². The fraction of sp³-hybridized carbons (Fsp3) is 0.560. The van der Waals surface area contributed by atoms with E-state index in [1.54, 1.807) is 0 Å². The van der Waals surface area contributed by atoms with Crippen molar-refractivity contribution in [1.82, 2.24) is 30.0 Å². The maximum Gasteiger partial charge on any atom is 0.317 e. The predicted molar refractivity (Wildman–Crippen MR) is 127 cm³/mol. The number of pyridine rings is 1. The maximum atomic E-state index is 12.8. The van der Waals surface area contributed by atoms with Gasteiger partial charge in [-0.2, -0.15) is 5.10 Å². The molecule has 0 aliphatic carbocycles. The van der Waals surface area contributed by atoms with Crippen molar-refractivity contribution in [2.75, 3.05) is 13.1 Å². The summed E-state index contributed by atoms with van der Waals surface area (Å²) in [5, 5.41) is 9.27. The van der Waals surface area contributed by atoms with Crippen LogP contribution in [-0.4, -0.2) is 49.3 Å². The molecule has 2 N–H and O–H groups in total.